The van der Waals surface area contributed by atoms with Crippen LogP contribution in [-0.2, 0) is 4.79 Å². The van der Waals surface area contributed by atoms with E-state index < -0.39 is 0 Å². The number of Topliss-reactive ketones (excluding diaryl/α,β-unsaturated/α-hetero) is 1. The Balaban J connectivity index is 3.26. The highest BCUT2D eigenvalue weighted by Crippen LogP contribution is 1.88. The average molecular weight is 87.1 g/mol. The predicted octanol–water partition coefficient (Wildman–Crippen LogP) is 0.500. The molecule has 0 aromatic rings. The van der Waals surface area contributed by atoms with Crippen LogP contribution in [0.15, 0.2) is 0 Å². The summed E-state index contributed by atoms with van der Waals surface area (Å²) < 4.78 is 0. The number of aliphatic hydroxyl groups excluding tert-OH is 1. The highest BCUT2D eigenvalue weighted by atomic mass is 16.3. The van der Waals surface area contributed by atoms with Gasteiger partial charge in [0.15, 0.2) is 11.9 Å². The van der Waals surface area contributed by atoms with Crippen molar-refractivity contribution in [3.63, 3.8) is 0 Å². The summed E-state index contributed by atoms with van der Waals surface area (Å²) in [4.78, 5) is 9.86. The third kappa shape index (κ3) is 1.91. The quantitative estimate of drug-likeness (QED) is 0.505. The molecule has 0 heterocycles. The smallest absolute Gasteiger partial charge is 0.164 e. The third-order valence-corrected chi connectivity index (χ3v) is 0.510. The van der Waals surface area contributed by atoms with Gasteiger partial charge in [-0.25, -0.2) is 0 Å². The molecule has 0 bridgehead atoms. The second kappa shape index (κ2) is 1.92. The van der Waals surface area contributed by atoms with Crippen LogP contribution in [0, 0.1) is 6.10 Å². The van der Waals surface area contributed by atoms with Crippen LogP contribution in [0.3, 0.4) is 0 Å². The van der Waals surface area contributed by atoms with Crippen LogP contribution < -0.4 is 0 Å². The van der Waals surface area contributed by atoms with Gasteiger partial charge in [-0.2, -0.15) is 0 Å². The predicted molar refractivity (Wildman–Crippen MR) is 21.5 cm³/mol. The largest absolute Gasteiger partial charge is 0.379 e. The lowest BCUT2D eigenvalue weighted by molar-refractivity contribution is -0.118. The molecule has 0 aliphatic carbocycles. The van der Waals surface area contributed by atoms with Crippen LogP contribution in [0.1, 0.15) is 13.8 Å². The first-order valence-corrected chi connectivity index (χ1v) is 1.68. The zero-order valence-corrected chi connectivity index (χ0v) is 3.86. The van der Waals surface area contributed by atoms with Gasteiger partial charge in [0.25, 0.3) is 0 Å². The van der Waals surface area contributed by atoms with Crippen LogP contribution in [0.25, 0.3) is 0 Å². The number of hydrogen-bond acceptors (Lipinski definition) is 2. The number of carbonyl (C=O) groups excluding carboxylic acids is 1. The van der Waals surface area contributed by atoms with E-state index >= 15 is 0 Å². The highest BCUT2D eigenvalue weighted by Gasteiger charge is 1.99. The van der Waals surface area contributed by atoms with E-state index in [2.05, 4.69) is 0 Å². The van der Waals surface area contributed by atoms with E-state index in [9.17, 15) is 4.79 Å². The van der Waals surface area contributed by atoms with Gasteiger partial charge in [-0.05, 0) is 13.8 Å². The fourth-order valence-corrected chi connectivity index (χ4v) is 0. The molecular weight excluding hydrogens is 80.0 g/mol. The zero-order chi connectivity index (χ0) is 5.15. The van der Waals surface area contributed by atoms with Crippen molar-refractivity contribution in [2.24, 2.45) is 0 Å². The van der Waals surface area contributed by atoms with Gasteiger partial charge < -0.3 is 5.11 Å². The lowest BCUT2D eigenvalue weighted by Gasteiger charge is -1.88. The fourth-order valence-electron chi connectivity index (χ4n) is 0. The standard InChI is InChI=1S/C4H7O2/c1-3(5)4(2)6/h5H,1-2H3. The summed E-state index contributed by atoms with van der Waals surface area (Å²) in [6.45, 7) is 2.68. The SMILES string of the molecule is C[C](O)C(C)=O. The molecule has 0 aliphatic rings. The first-order chi connectivity index (χ1) is 2.64. The summed E-state index contributed by atoms with van der Waals surface area (Å²) in [5.41, 5.74) is 0. The van der Waals surface area contributed by atoms with Crippen LogP contribution in [0.5, 0.6) is 0 Å². The number of hydrogen-bond donors (Lipinski definition) is 1. The number of ketones is 1. The van der Waals surface area contributed by atoms with Gasteiger partial charge in [0.2, 0.25) is 0 Å². The minimum atomic E-state index is -0.269. The van der Waals surface area contributed by atoms with Gasteiger partial charge in [0.05, 0.1) is 0 Å². The third-order valence-electron chi connectivity index (χ3n) is 0.510. The molecule has 1 N–H and O–H groups in total. The fraction of sp³-hybridized carbons (Fsp3) is 0.500. The van der Waals surface area contributed by atoms with Gasteiger partial charge >= 0.3 is 0 Å². The lowest BCUT2D eigenvalue weighted by atomic mass is 10.3. The Morgan fingerprint density at radius 1 is 1.50 bits per heavy atom. The second-order valence-corrected chi connectivity index (χ2v) is 1.14. The molecule has 0 aliphatic heterocycles. The van der Waals surface area contributed by atoms with Crippen molar-refractivity contribution in [3.8, 4) is 0 Å². The molecule has 2 nitrogen and oxygen atoms in total. The molecule has 0 aromatic carbocycles. The lowest BCUT2D eigenvalue weighted by Crippen LogP contribution is -1.99. The Labute approximate surface area is 36.8 Å². The van der Waals surface area contributed by atoms with Crippen molar-refractivity contribution in [2.45, 2.75) is 13.8 Å². The number of aliphatic hydroxyl groups is 1. The van der Waals surface area contributed by atoms with E-state index in [1.54, 1.807) is 0 Å². The summed E-state index contributed by atoms with van der Waals surface area (Å²) in [7, 11) is 0. The minimum absolute atomic E-state index is 0.130. The molecule has 0 rings (SSSR count). The number of rotatable bonds is 1. The molecule has 6 heavy (non-hydrogen) atoms. The van der Waals surface area contributed by atoms with E-state index in [-0.39, 0.29) is 11.9 Å². The van der Waals surface area contributed by atoms with Crippen molar-refractivity contribution in [1.29, 1.82) is 0 Å². The molecule has 0 amide bonds. The molecule has 0 unspecified atom stereocenters. The van der Waals surface area contributed by atoms with Crippen LogP contribution in [0.2, 0.25) is 0 Å². The normalized spacial score (nSPS) is 9.33. The summed E-state index contributed by atoms with van der Waals surface area (Å²) >= 11 is 0. The first-order valence-electron chi connectivity index (χ1n) is 1.68. The maximum absolute atomic E-state index is 9.86. The van der Waals surface area contributed by atoms with E-state index in [4.69, 9.17) is 5.11 Å². The average Bonchev–Trinajstić information content (AvgIpc) is 1.36. The first kappa shape index (κ1) is 5.63. The van der Waals surface area contributed by atoms with Crippen molar-refractivity contribution in [3.05, 3.63) is 6.10 Å². The Bertz CT molecular complexity index is 56.6. The highest BCUT2D eigenvalue weighted by molar-refractivity contribution is 5.86. The van der Waals surface area contributed by atoms with Crippen molar-refractivity contribution in [2.75, 3.05) is 0 Å². The molecule has 0 aromatic heterocycles. The molecule has 0 saturated carbocycles. The van der Waals surface area contributed by atoms with Gasteiger partial charge in [-0.3, -0.25) is 4.79 Å². The van der Waals surface area contributed by atoms with E-state index in [0.29, 0.717) is 0 Å². The zero-order valence-electron chi connectivity index (χ0n) is 3.86. The Morgan fingerprint density at radius 3 is 1.67 bits per heavy atom. The summed E-state index contributed by atoms with van der Waals surface area (Å²) in [6.07, 6.45) is -0.130. The van der Waals surface area contributed by atoms with Gasteiger partial charge in [0.1, 0.15) is 0 Å². The molecule has 2 heteroatoms. The molecule has 0 atom stereocenters. The molecule has 0 saturated heterocycles. The topological polar surface area (TPSA) is 37.3 Å². The Hall–Kier alpha value is -0.370. The van der Waals surface area contributed by atoms with Crippen molar-refractivity contribution in [1.82, 2.24) is 0 Å². The van der Waals surface area contributed by atoms with Crippen LogP contribution in [0.4, 0.5) is 0 Å². The van der Waals surface area contributed by atoms with Crippen molar-refractivity contribution >= 4 is 5.78 Å². The monoisotopic (exact) mass is 87.0 g/mol. The van der Waals surface area contributed by atoms with E-state index in [0.717, 1.165) is 0 Å². The maximum atomic E-state index is 9.86. The summed E-state index contributed by atoms with van der Waals surface area (Å²) in [5.74, 6) is -0.269. The molecule has 1 radical (unpaired) electrons. The molecule has 0 fully saturated rings. The van der Waals surface area contributed by atoms with Crippen LogP contribution >= 0.6 is 0 Å². The molecule has 35 valence electrons. The molecule has 0 spiro atoms. The van der Waals surface area contributed by atoms with Gasteiger partial charge in [-0.1, -0.05) is 0 Å². The summed E-state index contributed by atoms with van der Waals surface area (Å²) in [6, 6.07) is 0. The van der Waals surface area contributed by atoms with Crippen LogP contribution in [-0.4, -0.2) is 10.9 Å². The molecular formula is C4H7O2. The Kier molecular flexibility index (Phi) is 1.81. The summed E-state index contributed by atoms with van der Waals surface area (Å²) in [5, 5.41) is 8.20. The maximum Gasteiger partial charge on any atom is 0.164 e. The van der Waals surface area contributed by atoms with Gasteiger partial charge in [-0.15, -0.1) is 0 Å². The Morgan fingerprint density at radius 2 is 1.67 bits per heavy atom. The number of carbonyl (C=O) groups is 1. The van der Waals surface area contributed by atoms with E-state index in [1.165, 1.54) is 13.8 Å². The van der Waals surface area contributed by atoms with Crippen molar-refractivity contribution < 1.29 is 9.90 Å². The van der Waals surface area contributed by atoms with E-state index in [1.807, 2.05) is 0 Å². The minimum Gasteiger partial charge on any atom is -0.379 e. The second-order valence-electron chi connectivity index (χ2n) is 1.14. The van der Waals surface area contributed by atoms with Gasteiger partial charge in [0, 0.05) is 0 Å².